The molecule has 0 saturated carbocycles. The molecule has 0 amide bonds. The molecule has 0 bridgehead atoms. The van der Waals surface area contributed by atoms with Gasteiger partial charge < -0.3 is 9.47 Å². The summed E-state index contributed by atoms with van der Waals surface area (Å²) in [6.07, 6.45) is 12.7. The zero-order valence-electron chi connectivity index (χ0n) is 12.7. The zero-order chi connectivity index (χ0) is 14.5. The molecule has 0 atom stereocenters. The van der Waals surface area contributed by atoms with Crippen molar-refractivity contribution in [1.29, 1.82) is 0 Å². The highest BCUT2D eigenvalue weighted by Gasteiger charge is 1.97. The zero-order valence-corrected chi connectivity index (χ0v) is 12.7. The normalized spacial score (nSPS) is 11.3. The van der Waals surface area contributed by atoms with Crippen LogP contribution in [-0.2, 0) is 0 Å². The van der Waals surface area contributed by atoms with E-state index >= 15 is 0 Å². The Balaban J connectivity index is 2.26. The van der Waals surface area contributed by atoms with E-state index in [1.165, 1.54) is 0 Å². The van der Waals surface area contributed by atoms with Crippen molar-refractivity contribution in [3.8, 4) is 11.5 Å². The number of hydrogen-bond acceptors (Lipinski definition) is 2. The summed E-state index contributed by atoms with van der Waals surface area (Å²) in [5.74, 6) is 1.77. The molecule has 0 aliphatic rings. The summed E-state index contributed by atoms with van der Waals surface area (Å²) in [6.45, 7) is 5.57. The van der Waals surface area contributed by atoms with Gasteiger partial charge in [-0.1, -0.05) is 30.4 Å². The first-order valence-corrected chi connectivity index (χ1v) is 7.44. The molecule has 0 heterocycles. The van der Waals surface area contributed by atoms with Gasteiger partial charge in [0.2, 0.25) is 0 Å². The molecule has 0 unspecified atom stereocenters. The Labute approximate surface area is 123 Å². The third-order valence-corrected chi connectivity index (χ3v) is 2.84. The summed E-state index contributed by atoms with van der Waals surface area (Å²) in [5.41, 5.74) is 0. The van der Waals surface area contributed by atoms with Crippen LogP contribution in [-0.4, -0.2) is 13.2 Å². The molecule has 0 spiro atoms. The van der Waals surface area contributed by atoms with Crippen molar-refractivity contribution in [2.24, 2.45) is 0 Å². The minimum atomic E-state index is 0.745. The van der Waals surface area contributed by atoms with Gasteiger partial charge in [-0.2, -0.15) is 0 Å². The van der Waals surface area contributed by atoms with E-state index in [0.717, 1.165) is 50.4 Å². The van der Waals surface area contributed by atoms with Crippen LogP contribution in [0.2, 0.25) is 0 Å². The highest BCUT2D eigenvalue weighted by Crippen LogP contribution is 2.20. The van der Waals surface area contributed by atoms with Gasteiger partial charge in [-0.25, -0.2) is 0 Å². The second kappa shape index (κ2) is 11.2. The van der Waals surface area contributed by atoms with Crippen molar-refractivity contribution in [3.63, 3.8) is 0 Å². The highest BCUT2D eigenvalue weighted by molar-refractivity contribution is 5.32. The quantitative estimate of drug-likeness (QED) is 0.433. The van der Waals surface area contributed by atoms with Gasteiger partial charge in [-0.15, -0.1) is 0 Å². The second-order valence-electron chi connectivity index (χ2n) is 4.59. The van der Waals surface area contributed by atoms with Gasteiger partial charge in [0, 0.05) is 6.07 Å². The molecular formula is C18H26O2. The van der Waals surface area contributed by atoms with Gasteiger partial charge in [0.1, 0.15) is 11.5 Å². The highest BCUT2D eigenvalue weighted by atomic mass is 16.5. The fourth-order valence-electron chi connectivity index (χ4n) is 1.77. The van der Waals surface area contributed by atoms with Gasteiger partial charge >= 0.3 is 0 Å². The summed E-state index contributed by atoms with van der Waals surface area (Å²) in [4.78, 5) is 0. The standard InChI is InChI=1S/C18H26O2/c1-3-5-7-9-14-19-17-12-11-13-18(16-17)20-15-10-8-6-4-2/h3-6,11-13,16H,7-10,14-15H2,1-2H3. The lowest BCUT2D eigenvalue weighted by atomic mass is 10.3. The van der Waals surface area contributed by atoms with E-state index < -0.39 is 0 Å². The first-order valence-electron chi connectivity index (χ1n) is 7.44. The lowest BCUT2D eigenvalue weighted by molar-refractivity contribution is 0.296. The Morgan fingerprint density at radius 1 is 0.850 bits per heavy atom. The van der Waals surface area contributed by atoms with Crippen LogP contribution in [0.5, 0.6) is 11.5 Å². The van der Waals surface area contributed by atoms with Crippen molar-refractivity contribution in [2.75, 3.05) is 13.2 Å². The average Bonchev–Trinajstić information content (AvgIpc) is 2.47. The molecule has 1 aromatic rings. The minimum absolute atomic E-state index is 0.745. The Kier molecular flexibility index (Phi) is 9.12. The molecule has 1 aromatic carbocycles. The van der Waals surface area contributed by atoms with Crippen LogP contribution in [0.1, 0.15) is 39.5 Å². The molecular weight excluding hydrogens is 248 g/mol. The molecule has 110 valence electrons. The summed E-state index contributed by atoms with van der Waals surface area (Å²) < 4.78 is 11.4. The number of hydrogen-bond donors (Lipinski definition) is 0. The van der Waals surface area contributed by atoms with E-state index in [2.05, 4.69) is 24.3 Å². The maximum Gasteiger partial charge on any atom is 0.122 e. The first kappa shape index (κ1) is 16.4. The molecule has 0 radical (unpaired) electrons. The number of ether oxygens (including phenoxy) is 2. The number of benzene rings is 1. The number of allylic oxidation sites excluding steroid dienone is 4. The Morgan fingerprint density at radius 3 is 1.80 bits per heavy atom. The molecule has 0 fully saturated rings. The molecule has 1 rings (SSSR count). The molecule has 0 aliphatic heterocycles. The van der Waals surface area contributed by atoms with E-state index in [-0.39, 0.29) is 0 Å². The van der Waals surface area contributed by atoms with E-state index in [9.17, 15) is 0 Å². The van der Waals surface area contributed by atoms with Crippen LogP contribution in [0.4, 0.5) is 0 Å². The van der Waals surface area contributed by atoms with Crippen molar-refractivity contribution < 1.29 is 9.47 Å². The largest absolute Gasteiger partial charge is 0.493 e. The van der Waals surface area contributed by atoms with E-state index in [4.69, 9.17) is 9.47 Å². The summed E-state index contributed by atoms with van der Waals surface area (Å²) in [6, 6.07) is 7.89. The van der Waals surface area contributed by atoms with Crippen LogP contribution in [0, 0.1) is 0 Å². The van der Waals surface area contributed by atoms with Gasteiger partial charge in [0.15, 0.2) is 0 Å². The maximum absolute atomic E-state index is 5.71. The van der Waals surface area contributed by atoms with Crippen molar-refractivity contribution >= 4 is 0 Å². The third-order valence-electron chi connectivity index (χ3n) is 2.84. The predicted octanol–water partition coefficient (Wildman–Crippen LogP) is 5.16. The summed E-state index contributed by atoms with van der Waals surface area (Å²) >= 11 is 0. The second-order valence-corrected chi connectivity index (χ2v) is 4.59. The average molecular weight is 274 g/mol. The van der Waals surface area contributed by atoms with Gasteiger partial charge in [0.25, 0.3) is 0 Å². The van der Waals surface area contributed by atoms with Crippen LogP contribution in [0.3, 0.4) is 0 Å². The summed E-state index contributed by atoms with van der Waals surface area (Å²) in [5, 5.41) is 0. The Bertz CT molecular complexity index is 372. The van der Waals surface area contributed by atoms with Gasteiger partial charge in [0.05, 0.1) is 13.2 Å². The fraction of sp³-hybridized carbons (Fsp3) is 0.444. The third kappa shape index (κ3) is 7.67. The number of unbranched alkanes of at least 4 members (excludes halogenated alkanes) is 2. The van der Waals surface area contributed by atoms with Gasteiger partial charge in [-0.05, 0) is 51.7 Å². The van der Waals surface area contributed by atoms with Crippen LogP contribution >= 0.6 is 0 Å². The van der Waals surface area contributed by atoms with Crippen molar-refractivity contribution in [3.05, 3.63) is 48.6 Å². The van der Waals surface area contributed by atoms with Crippen LogP contribution in [0.25, 0.3) is 0 Å². The summed E-state index contributed by atoms with van der Waals surface area (Å²) in [7, 11) is 0. The SMILES string of the molecule is CC=CCCCOc1cccc(OCCCC=CC)c1. The molecule has 0 aromatic heterocycles. The fourth-order valence-corrected chi connectivity index (χ4v) is 1.77. The smallest absolute Gasteiger partial charge is 0.122 e. The lowest BCUT2D eigenvalue weighted by Crippen LogP contribution is -1.99. The first-order chi connectivity index (χ1) is 9.86. The molecule has 0 saturated heterocycles. The minimum Gasteiger partial charge on any atom is -0.493 e. The van der Waals surface area contributed by atoms with Crippen LogP contribution < -0.4 is 9.47 Å². The predicted molar refractivity (Wildman–Crippen MR) is 85.5 cm³/mol. The van der Waals surface area contributed by atoms with Crippen molar-refractivity contribution in [2.45, 2.75) is 39.5 Å². The van der Waals surface area contributed by atoms with Crippen LogP contribution in [0.15, 0.2) is 48.6 Å². The van der Waals surface area contributed by atoms with E-state index in [0.29, 0.717) is 0 Å². The Hall–Kier alpha value is -1.70. The Morgan fingerprint density at radius 2 is 1.35 bits per heavy atom. The lowest BCUT2D eigenvalue weighted by Gasteiger charge is -2.09. The number of rotatable bonds is 10. The molecule has 0 aliphatic carbocycles. The molecule has 2 heteroatoms. The van der Waals surface area contributed by atoms with E-state index in [1.54, 1.807) is 0 Å². The topological polar surface area (TPSA) is 18.5 Å². The van der Waals surface area contributed by atoms with Gasteiger partial charge in [-0.3, -0.25) is 0 Å². The van der Waals surface area contributed by atoms with Crippen molar-refractivity contribution in [1.82, 2.24) is 0 Å². The molecule has 0 N–H and O–H groups in total. The molecule has 20 heavy (non-hydrogen) atoms. The monoisotopic (exact) mass is 274 g/mol. The maximum atomic E-state index is 5.71. The molecule has 2 nitrogen and oxygen atoms in total. The van der Waals surface area contributed by atoms with E-state index in [1.807, 2.05) is 38.1 Å².